The first-order valence-corrected chi connectivity index (χ1v) is 9.64. The van der Waals surface area contributed by atoms with Crippen LogP contribution in [0.15, 0.2) is 54.7 Å². The second-order valence-electron chi connectivity index (χ2n) is 9.82. The first kappa shape index (κ1) is 17.3. The standard InChI is InChI=1S/C25H30N/c1-23(2,3)18-12-13-20-21(16-18)24(4,5)25(6,7)26-15-14-17-10-8-9-11-19(17)22(20)26/h8-16H,1-7H3/q+1. The maximum absolute atomic E-state index is 2.49. The van der Waals surface area contributed by atoms with Crippen LogP contribution in [0, 0.1) is 0 Å². The summed E-state index contributed by atoms with van der Waals surface area (Å²) in [6, 6.07) is 18.1. The van der Waals surface area contributed by atoms with Crippen LogP contribution < -0.4 is 4.57 Å². The molecule has 0 saturated carbocycles. The van der Waals surface area contributed by atoms with Crippen molar-refractivity contribution in [3.63, 3.8) is 0 Å². The van der Waals surface area contributed by atoms with Gasteiger partial charge >= 0.3 is 0 Å². The van der Waals surface area contributed by atoms with Crippen molar-refractivity contribution in [1.29, 1.82) is 0 Å². The number of hydrogen-bond donors (Lipinski definition) is 0. The zero-order valence-corrected chi connectivity index (χ0v) is 17.1. The molecule has 0 saturated heterocycles. The minimum atomic E-state index is -0.0180. The minimum absolute atomic E-state index is 0.0180. The molecule has 1 nitrogen and oxygen atoms in total. The fraction of sp³-hybridized carbons (Fsp3) is 0.400. The Morgan fingerprint density at radius 1 is 0.846 bits per heavy atom. The molecule has 0 fully saturated rings. The van der Waals surface area contributed by atoms with Crippen molar-refractivity contribution in [3.8, 4) is 11.3 Å². The molecule has 1 heteroatoms. The Kier molecular flexibility index (Phi) is 3.45. The third kappa shape index (κ3) is 2.19. The lowest BCUT2D eigenvalue weighted by Gasteiger charge is -2.43. The smallest absolute Gasteiger partial charge is 0.192 e. The zero-order chi connectivity index (χ0) is 18.9. The topological polar surface area (TPSA) is 3.88 Å². The van der Waals surface area contributed by atoms with Gasteiger partial charge in [0, 0.05) is 19.9 Å². The molecule has 0 bridgehead atoms. The predicted octanol–water partition coefficient (Wildman–Crippen LogP) is 6.12. The van der Waals surface area contributed by atoms with Crippen LogP contribution in [0.2, 0.25) is 0 Å². The molecular formula is C25H30N+. The summed E-state index contributed by atoms with van der Waals surface area (Å²) >= 11 is 0. The van der Waals surface area contributed by atoms with E-state index in [1.54, 1.807) is 0 Å². The third-order valence-corrected chi connectivity index (χ3v) is 6.81. The average molecular weight is 345 g/mol. The number of rotatable bonds is 0. The molecule has 0 radical (unpaired) electrons. The van der Waals surface area contributed by atoms with E-state index < -0.39 is 0 Å². The Balaban J connectivity index is 2.15. The molecule has 4 rings (SSSR count). The predicted molar refractivity (Wildman–Crippen MR) is 111 cm³/mol. The fourth-order valence-electron chi connectivity index (χ4n) is 4.32. The highest BCUT2D eigenvalue weighted by Gasteiger charge is 2.53. The summed E-state index contributed by atoms with van der Waals surface area (Å²) in [7, 11) is 0. The number of fused-ring (bicyclic) bond motifs is 5. The molecule has 26 heavy (non-hydrogen) atoms. The van der Waals surface area contributed by atoms with Crippen molar-refractivity contribution in [1.82, 2.24) is 0 Å². The summed E-state index contributed by atoms with van der Waals surface area (Å²) < 4.78 is 2.49. The van der Waals surface area contributed by atoms with E-state index in [-0.39, 0.29) is 16.4 Å². The SMILES string of the molecule is CC(C)(C)c1ccc2c(c1)C(C)(C)C(C)(C)[n+]1ccc3ccccc3c1-2. The second-order valence-corrected chi connectivity index (χ2v) is 9.82. The van der Waals surface area contributed by atoms with Crippen molar-refractivity contribution in [2.45, 2.75) is 64.8 Å². The monoisotopic (exact) mass is 344 g/mol. The van der Waals surface area contributed by atoms with Gasteiger partial charge in [-0.05, 0) is 47.9 Å². The van der Waals surface area contributed by atoms with Crippen molar-refractivity contribution in [2.24, 2.45) is 0 Å². The van der Waals surface area contributed by atoms with Crippen molar-refractivity contribution >= 4 is 10.8 Å². The Morgan fingerprint density at radius 2 is 1.54 bits per heavy atom. The number of benzene rings is 2. The summed E-state index contributed by atoms with van der Waals surface area (Å²) in [5.41, 5.74) is 5.77. The summed E-state index contributed by atoms with van der Waals surface area (Å²) in [5.74, 6) is 0. The van der Waals surface area contributed by atoms with Crippen molar-refractivity contribution < 1.29 is 4.57 Å². The molecule has 0 atom stereocenters. The van der Waals surface area contributed by atoms with Crippen molar-refractivity contribution in [3.05, 3.63) is 65.9 Å². The number of pyridine rings is 1. The lowest BCUT2D eigenvalue weighted by atomic mass is 9.64. The zero-order valence-electron chi connectivity index (χ0n) is 17.1. The highest BCUT2D eigenvalue weighted by molar-refractivity contribution is 5.94. The summed E-state index contributed by atoms with van der Waals surface area (Å²) in [6.07, 6.45) is 2.28. The van der Waals surface area contributed by atoms with Gasteiger partial charge < -0.3 is 0 Å². The van der Waals surface area contributed by atoms with Crippen molar-refractivity contribution in [2.75, 3.05) is 0 Å². The van der Waals surface area contributed by atoms with Gasteiger partial charge in [0.05, 0.1) is 16.4 Å². The molecule has 3 aromatic rings. The third-order valence-electron chi connectivity index (χ3n) is 6.81. The van der Waals surface area contributed by atoms with Gasteiger partial charge in [0.25, 0.3) is 0 Å². The maximum Gasteiger partial charge on any atom is 0.221 e. The van der Waals surface area contributed by atoms with Crippen LogP contribution in [0.5, 0.6) is 0 Å². The first-order valence-electron chi connectivity index (χ1n) is 9.64. The van der Waals surface area contributed by atoms with E-state index in [0.29, 0.717) is 0 Å². The van der Waals surface area contributed by atoms with Gasteiger partial charge in [-0.1, -0.05) is 51.1 Å². The lowest BCUT2D eigenvalue weighted by molar-refractivity contribution is -0.759. The Bertz CT molecular complexity index is 1020. The van der Waals surface area contributed by atoms with E-state index in [0.717, 1.165) is 0 Å². The summed E-state index contributed by atoms with van der Waals surface area (Å²) in [5, 5.41) is 2.64. The van der Waals surface area contributed by atoms with E-state index in [9.17, 15) is 0 Å². The van der Waals surface area contributed by atoms with Crippen LogP contribution in [0.3, 0.4) is 0 Å². The van der Waals surface area contributed by atoms with E-state index >= 15 is 0 Å². The molecule has 2 aromatic carbocycles. The van der Waals surface area contributed by atoms with Crippen LogP contribution in [-0.4, -0.2) is 0 Å². The van der Waals surface area contributed by atoms with Gasteiger partial charge in [0.1, 0.15) is 0 Å². The van der Waals surface area contributed by atoms with Gasteiger partial charge in [-0.2, -0.15) is 4.57 Å². The average Bonchev–Trinajstić information content (AvgIpc) is 2.58. The maximum atomic E-state index is 2.49. The molecule has 1 aliphatic rings. The molecule has 0 spiro atoms. The van der Waals surface area contributed by atoms with Crippen LogP contribution in [0.1, 0.15) is 59.6 Å². The molecule has 1 aliphatic heterocycles. The Hall–Kier alpha value is -2.15. The number of aromatic nitrogens is 1. The molecule has 0 unspecified atom stereocenters. The lowest BCUT2D eigenvalue weighted by Crippen LogP contribution is -2.65. The van der Waals surface area contributed by atoms with Gasteiger partial charge in [0.15, 0.2) is 11.7 Å². The van der Waals surface area contributed by atoms with E-state index in [4.69, 9.17) is 0 Å². The number of nitrogens with zero attached hydrogens (tertiary/aromatic N) is 1. The van der Waals surface area contributed by atoms with Gasteiger partial charge in [-0.25, -0.2) is 0 Å². The van der Waals surface area contributed by atoms with Gasteiger partial charge in [0.2, 0.25) is 5.69 Å². The fourth-order valence-corrected chi connectivity index (χ4v) is 4.32. The molecule has 0 N–H and O–H groups in total. The molecule has 2 heterocycles. The van der Waals surface area contributed by atoms with Gasteiger partial charge in [-0.15, -0.1) is 0 Å². The quantitative estimate of drug-likeness (QED) is 0.433. The Labute approximate surface area is 157 Å². The molecule has 0 aliphatic carbocycles. The Morgan fingerprint density at radius 3 is 2.23 bits per heavy atom. The molecule has 1 aromatic heterocycles. The number of hydrogen-bond acceptors (Lipinski definition) is 0. The van der Waals surface area contributed by atoms with E-state index in [2.05, 4.69) is 108 Å². The molecular weight excluding hydrogens is 314 g/mol. The van der Waals surface area contributed by atoms with Crippen LogP contribution in [-0.2, 0) is 16.4 Å². The molecule has 134 valence electrons. The van der Waals surface area contributed by atoms with E-state index in [1.165, 1.54) is 33.2 Å². The van der Waals surface area contributed by atoms with Gasteiger partial charge in [-0.3, -0.25) is 0 Å². The highest BCUT2D eigenvalue weighted by Crippen LogP contribution is 2.48. The molecule has 0 amide bonds. The summed E-state index contributed by atoms with van der Waals surface area (Å²) in [4.78, 5) is 0. The second kappa shape index (κ2) is 5.19. The van der Waals surface area contributed by atoms with Crippen LogP contribution >= 0.6 is 0 Å². The first-order chi connectivity index (χ1) is 12.0. The van der Waals surface area contributed by atoms with Crippen LogP contribution in [0.4, 0.5) is 0 Å². The largest absolute Gasteiger partial charge is 0.221 e. The minimum Gasteiger partial charge on any atom is -0.192 e. The van der Waals surface area contributed by atoms with Crippen LogP contribution in [0.25, 0.3) is 22.0 Å². The van der Waals surface area contributed by atoms with E-state index in [1.807, 2.05) is 0 Å². The summed E-state index contributed by atoms with van der Waals surface area (Å²) in [6.45, 7) is 16.4. The normalized spacial score (nSPS) is 17.7. The highest BCUT2D eigenvalue weighted by atomic mass is 15.1.